The maximum atomic E-state index is 6.15. The Morgan fingerprint density at radius 2 is 1.71 bits per heavy atom. The summed E-state index contributed by atoms with van der Waals surface area (Å²) >= 11 is 1.60. The molecule has 31 heavy (non-hydrogen) atoms. The summed E-state index contributed by atoms with van der Waals surface area (Å²) in [5.41, 5.74) is 4.42. The number of rotatable bonds is 2. The van der Waals surface area contributed by atoms with E-state index < -0.39 is 0 Å². The van der Waals surface area contributed by atoms with Gasteiger partial charge in [-0.15, -0.1) is 11.3 Å². The van der Waals surface area contributed by atoms with Crippen molar-refractivity contribution in [2.45, 2.75) is 59.1 Å². The van der Waals surface area contributed by atoms with Gasteiger partial charge in [-0.05, 0) is 52.3 Å². The molecule has 1 aliphatic carbocycles. The van der Waals surface area contributed by atoms with Crippen LogP contribution in [0.1, 0.15) is 52.0 Å². The second kappa shape index (κ2) is 6.92. The van der Waals surface area contributed by atoms with Crippen molar-refractivity contribution in [2.75, 3.05) is 0 Å². The Hall–Kier alpha value is -2.66. The second-order valence-corrected chi connectivity index (χ2v) is 11.4. The van der Waals surface area contributed by atoms with Crippen LogP contribution in [0.25, 0.3) is 21.9 Å². The molecule has 3 heterocycles. The molecule has 0 amide bonds. The molecule has 0 saturated heterocycles. The van der Waals surface area contributed by atoms with Gasteiger partial charge in [0.15, 0.2) is 5.58 Å². The smallest absolute Gasteiger partial charge is 0.237 e. The second-order valence-electron chi connectivity index (χ2n) is 10.4. The van der Waals surface area contributed by atoms with Crippen LogP contribution in [0.4, 0.5) is 0 Å². The Kier molecular flexibility index (Phi) is 4.52. The highest BCUT2D eigenvalue weighted by Crippen LogP contribution is 2.36. The number of nitrogens with zero attached hydrogens (tertiary/aromatic N) is 2. The van der Waals surface area contributed by atoms with Gasteiger partial charge in [0, 0.05) is 0 Å². The molecule has 5 rings (SSSR count). The molecule has 0 N–H and O–H groups in total. The zero-order valence-electron chi connectivity index (χ0n) is 18.9. The minimum Gasteiger partial charge on any atom is -0.467 e. The Morgan fingerprint density at radius 1 is 0.935 bits per heavy atom. The molecule has 1 aromatic carbocycles. The summed E-state index contributed by atoms with van der Waals surface area (Å²) in [6.07, 6.45) is 6.51. The monoisotopic (exact) mass is 432 g/mol. The van der Waals surface area contributed by atoms with Crippen LogP contribution in [0.5, 0.6) is 0 Å². The predicted octanol–water partition coefficient (Wildman–Crippen LogP) is 6.91. The van der Waals surface area contributed by atoms with E-state index >= 15 is 0 Å². The Labute approximate surface area is 187 Å². The third-order valence-electron chi connectivity index (χ3n) is 5.81. The topological polar surface area (TPSA) is 47.6 Å². The molecule has 2 aromatic heterocycles. The van der Waals surface area contributed by atoms with E-state index in [1.54, 1.807) is 11.3 Å². The SMILES string of the molecule is CC(C)(C)C1=CC2N=C(c3ccc(-c4nc5ccc(C(C)(C)C)cc5o4)s3)OC2C=C1. The number of hydrogen-bond donors (Lipinski definition) is 0. The zero-order valence-corrected chi connectivity index (χ0v) is 19.7. The molecule has 0 bridgehead atoms. The molecule has 0 radical (unpaired) electrons. The van der Waals surface area contributed by atoms with Crippen LogP contribution in [0, 0.1) is 5.41 Å². The van der Waals surface area contributed by atoms with Gasteiger partial charge in [0.25, 0.3) is 0 Å². The van der Waals surface area contributed by atoms with Crippen LogP contribution < -0.4 is 0 Å². The van der Waals surface area contributed by atoms with Crippen molar-refractivity contribution in [1.29, 1.82) is 0 Å². The minimum absolute atomic E-state index is 0.0215. The molecule has 0 spiro atoms. The van der Waals surface area contributed by atoms with Crippen LogP contribution in [-0.4, -0.2) is 23.0 Å². The summed E-state index contributed by atoms with van der Waals surface area (Å²) in [6, 6.07) is 10.4. The van der Waals surface area contributed by atoms with Crippen molar-refractivity contribution < 1.29 is 9.15 Å². The lowest BCUT2D eigenvalue weighted by molar-refractivity contribution is 0.253. The van der Waals surface area contributed by atoms with Gasteiger partial charge in [0.05, 0.1) is 9.75 Å². The van der Waals surface area contributed by atoms with Gasteiger partial charge in [-0.1, -0.05) is 59.8 Å². The lowest BCUT2D eigenvalue weighted by Gasteiger charge is -2.25. The predicted molar refractivity (Wildman–Crippen MR) is 128 cm³/mol. The standard InChI is InChI=1S/C26H28N2O2S/c1-25(2,3)15-8-10-19-18(13-15)28-24(29-19)22-12-11-21(31-22)23-27-17-9-7-16(26(4,5)6)14-20(17)30-23/h7-14,18-19H,1-6H3. The molecular formula is C26H28N2O2S. The summed E-state index contributed by atoms with van der Waals surface area (Å²) in [5, 5.41) is 0. The summed E-state index contributed by atoms with van der Waals surface area (Å²) in [6.45, 7) is 13.3. The van der Waals surface area contributed by atoms with Crippen molar-refractivity contribution in [3.63, 3.8) is 0 Å². The van der Waals surface area contributed by atoms with Gasteiger partial charge in [0.1, 0.15) is 17.7 Å². The average molecular weight is 433 g/mol. The number of ether oxygens (including phenoxy) is 1. The highest BCUT2D eigenvalue weighted by molar-refractivity contribution is 7.17. The first kappa shape index (κ1) is 20.3. The van der Waals surface area contributed by atoms with E-state index in [9.17, 15) is 0 Å². The van der Waals surface area contributed by atoms with E-state index in [2.05, 4.69) is 71.9 Å². The van der Waals surface area contributed by atoms with Crippen LogP contribution in [0.3, 0.4) is 0 Å². The largest absolute Gasteiger partial charge is 0.467 e. The van der Waals surface area contributed by atoms with E-state index in [0.29, 0.717) is 11.8 Å². The van der Waals surface area contributed by atoms with Gasteiger partial charge in [-0.25, -0.2) is 9.98 Å². The molecule has 3 aromatic rings. The molecule has 160 valence electrons. The van der Waals surface area contributed by atoms with Crippen molar-refractivity contribution in [2.24, 2.45) is 10.4 Å². The third-order valence-corrected chi connectivity index (χ3v) is 6.88. The number of thiophene rings is 1. The Balaban J connectivity index is 1.42. The van der Waals surface area contributed by atoms with Crippen molar-refractivity contribution >= 4 is 28.3 Å². The Bertz CT molecular complexity index is 1240. The molecule has 2 atom stereocenters. The molecular weight excluding hydrogens is 404 g/mol. The summed E-state index contributed by atoms with van der Waals surface area (Å²) in [4.78, 5) is 11.5. The summed E-state index contributed by atoms with van der Waals surface area (Å²) in [5.74, 6) is 1.34. The van der Waals surface area contributed by atoms with Gasteiger partial charge >= 0.3 is 0 Å². The fraction of sp³-hybridized carbons (Fsp3) is 0.385. The molecule has 2 aliphatic rings. The van der Waals surface area contributed by atoms with Crippen molar-refractivity contribution in [3.05, 3.63) is 64.6 Å². The fourth-order valence-electron chi connectivity index (χ4n) is 3.85. The first-order valence-electron chi connectivity index (χ1n) is 10.7. The van der Waals surface area contributed by atoms with Crippen LogP contribution in [0.15, 0.2) is 63.5 Å². The molecule has 4 nitrogen and oxygen atoms in total. The molecule has 5 heteroatoms. The van der Waals surface area contributed by atoms with E-state index in [1.165, 1.54) is 11.1 Å². The number of hydrogen-bond acceptors (Lipinski definition) is 5. The van der Waals surface area contributed by atoms with E-state index in [-0.39, 0.29) is 23.0 Å². The quantitative estimate of drug-likeness (QED) is 0.442. The molecule has 0 saturated carbocycles. The normalized spacial score (nSPS) is 21.1. The third kappa shape index (κ3) is 3.76. The van der Waals surface area contributed by atoms with Gasteiger partial charge in [-0.2, -0.15) is 0 Å². The Morgan fingerprint density at radius 3 is 2.45 bits per heavy atom. The number of benzene rings is 1. The number of aliphatic imine (C=N–C) groups is 1. The lowest BCUT2D eigenvalue weighted by atomic mass is 9.82. The molecule has 0 fully saturated rings. The summed E-state index contributed by atoms with van der Waals surface area (Å²) < 4.78 is 12.3. The number of allylic oxidation sites excluding steroid dienone is 2. The first-order valence-corrected chi connectivity index (χ1v) is 11.6. The summed E-state index contributed by atoms with van der Waals surface area (Å²) in [7, 11) is 0. The first-order chi connectivity index (χ1) is 14.6. The minimum atomic E-state index is -0.0215. The molecule has 1 aliphatic heterocycles. The van der Waals surface area contributed by atoms with E-state index in [0.717, 1.165) is 20.9 Å². The van der Waals surface area contributed by atoms with Crippen molar-refractivity contribution in [3.8, 4) is 10.8 Å². The van der Waals surface area contributed by atoms with Crippen LogP contribution in [0.2, 0.25) is 0 Å². The number of fused-ring (bicyclic) bond motifs is 2. The maximum absolute atomic E-state index is 6.15. The van der Waals surface area contributed by atoms with E-state index in [1.807, 2.05) is 18.2 Å². The van der Waals surface area contributed by atoms with E-state index in [4.69, 9.17) is 19.1 Å². The lowest BCUT2D eigenvalue weighted by Crippen LogP contribution is -2.24. The zero-order chi connectivity index (χ0) is 22.0. The van der Waals surface area contributed by atoms with Crippen LogP contribution in [-0.2, 0) is 10.2 Å². The van der Waals surface area contributed by atoms with Gasteiger partial charge in [0.2, 0.25) is 11.8 Å². The molecule has 2 unspecified atom stereocenters. The van der Waals surface area contributed by atoms with Crippen LogP contribution >= 0.6 is 11.3 Å². The van der Waals surface area contributed by atoms with Gasteiger partial charge < -0.3 is 9.15 Å². The highest BCUT2D eigenvalue weighted by atomic mass is 32.1. The number of oxazole rings is 1. The maximum Gasteiger partial charge on any atom is 0.237 e. The van der Waals surface area contributed by atoms with Gasteiger partial charge in [-0.3, -0.25) is 0 Å². The number of aromatic nitrogens is 1. The fourth-order valence-corrected chi connectivity index (χ4v) is 4.72. The average Bonchev–Trinajstić information content (AvgIpc) is 3.41. The highest BCUT2D eigenvalue weighted by Gasteiger charge is 2.33. The van der Waals surface area contributed by atoms with Crippen molar-refractivity contribution in [1.82, 2.24) is 4.98 Å².